The fraction of sp³-hybridized carbons (Fsp3) is 0.333. The van der Waals surface area contributed by atoms with Crippen molar-refractivity contribution in [2.24, 2.45) is 5.92 Å². The van der Waals surface area contributed by atoms with Gasteiger partial charge in [-0.05, 0) is 35.2 Å². The Morgan fingerprint density at radius 1 is 1.19 bits per heavy atom. The third-order valence-electron chi connectivity index (χ3n) is 4.73. The number of amides is 2. The zero-order chi connectivity index (χ0) is 18.7. The van der Waals surface area contributed by atoms with Crippen molar-refractivity contribution < 1.29 is 9.59 Å². The van der Waals surface area contributed by atoms with E-state index in [1.54, 1.807) is 17.0 Å². The van der Waals surface area contributed by atoms with Gasteiger partial charge in [-0.2, -0.15) is 0 Å². The highest BCUT2D eigenvalue weighted by atomic mass is 35.5. The summed E-state index contributed by atoms with van der Waals surface area (Å²) in [7, 11) is 0. The molecule has 4 nitrogen and oxygen atoms in total. The van der Waals surface area contributed by atoms with Crippen molar-refractivity contribution >= 4 is 29.1 Å². The van der Waals surface area contributed by atoms with Crippen LogP contribution in [0.15, 0.2) is 48.5 Å². The standard InChI is InChI=1S/C21H23ClN2O2/c1-14(2)18-5-3-4-6-19(18)24-13-16(11-20(24)25)21(26)23-12-15-7-9-17(22)10-8-15/h3-10,14,16H,11-13H2,1-2H3,(H,23,26). The van der Waals surface area contributed by atoms with Crippen molar-refractivity contribution in [2.75, 3.05) is 11.4 Å². The molecule has 1 saturated heterocycles. The van der Waals surface area contributed by atoms with Gasteiger partial charge in [-0.25, -0.2) is 0 Å². The quantitative estimate of drug-likeness (QED) is 0.860. The topological polar surface area (TPSA) is 49.4 Å². The predicted molar refractivity (Wildman–Crippen MR) is 104 cm³/mol. The Labute approximate surface area is 159 Å². The first-order chi connectivity index (χ1) is 12.5. The summed E-state index contributed by atoms with van der Waals surface area (Å²) in [6.07, 6.45) is 0.249. The number of nitrogens with one attached hydrogen (secondary N) is 1. The van der Waals surface area contributed by atoms with Crippen molar-refractivity contribution in [3.8, 4) is 0 Å². The summed E-state index contributed by atoms with van der Waals surface area (Å²) in [6.45, 7) is 5.07. The molecule has 0 spiro atoms. The molecule has 5 heteroatoms. The van der Waals surface area contributed by atoms with E-state index in [1.807, 2.05) is 36.4 Å². The lowest BCUT2D eigenvalue weighted by atomic mass is 10.0. The van der Waals surface area contributed by atoms with E-state index in [0.29, 0.717) is 24.0 Å². The van der Waals surface area contributed by atoms with Gasteiger partial charge in [0, 0.05) is 30.2 Å². The van der Waals surface area contributed by atoms with Crippen molar-refractivity contribution in [1.29, 1.82) is 0 Å². The van der Waals surface area contributed by atoms with Crippen LogP contribution in [-0.2, 0) is 16.1 Å². The van der Waals surface area contributed by atoms with E-state index >= 15 is 0 Å². The molecule has 1 unspecified atom stereocenters. The van der Waals surface area contributed by atoms with E-state index in [9.17, 15) is 9.59 Å². The van der Waals surface area contributed by atoms with Gasteiger partial charge in [-0.1, -0.05) is 55.8 Å². The zero-order valence-electron chi connectivity index (χ0n) is 15.0. The second-order valence-corrected chi connectivity index (χ2v) is 7.40. The fourth-order valence-corrected chi connectivity index (χ4v) is 3.40. The molecule has 136 valence electrons. The summed E-state index contributed by atoms with van der Waals surface area (Å²) in [5, 5.41) is 3.60. The summed E-state index contributed by atoms with van der Waals surface area (Å²) < 4.78 is 0. The van der Waals surface area contributed by atoms with Crippen LogP contribution in [0.1, 0.15) is 37.3 Å². The molecule has 0 saturated carbocycles. The van der Waals surface area contributed by atoms with Gasteiger partial charge in [0.15, 0.2) is 0 Å². The van der Waals surface area contributed by atoms with Crippen LogP contribution in [0.25, 0.3) is 0 Å². The minimum absolute atomic E-state index is 0.00439. The monoisotopic (exact) mass is 370 g/mol. The molecule has 1 N–H and O–H groups in total. The minimum atomic E-state index is -0.324. The van der Waals surface area contributed by atoms with Gasteiger partial charge in [-0.15, -0.1) is 0 Å². The molecule has 1 aliphatic rings. The number of nitrogens with zero attached hydrogens (tertiary/aromatic N) is 1. The number of carbonyl (C=O) groups is 2. The molecule has 3 rings (SSSR count). The highest BCUT2D eigenvalue weighted by Gasteiger charge is 2.35. The molecule has 1 atom stereocenters. The molecule has 2 amide bonds. The van der Waals surface area contributed by atoms with Crippen molar-refractivity contribution in [2.45, 2.75) is 32.7 Å². The molecule has 2 aromatic carbocycles. The molecule has 1 aliphatic heterocycles. The van der Waals surface area contributed by atoms with E-state index in [2.05, 4.69) is 19.2 Å². The fourth-order valence-electron chi connectivity index (χ4n) is 3.27. The highest BCUT2D eigenvalue weighted by molar-refractivity contribution is 6.30. The van der Waals surface area contributed by atoms with Crippen LogP contribution in [0.2, 0.25) is 5.02 Å². The Hall–Kier alpha value is -2.33. The smallest absolute Gasteiger partial charge is 0.227 e. The van der Waals surface area contributed by atoms with Gasteiger partial charge in [0.05, 0.1) is 5.92 Å². The van der Waals surface area contributed by atoms with Crippen LogP contribution >= 0.6 is 11.6 Å². The number of para-hydroxylation sites is 1. The SMILES string of the molecule is CC(C)c1ccccc1N1CC(C(=O)NCc2ccc(Cl)cc2)CC1=O. The maximum atomic E-state index is 12.5. The number of hydrogen-bond donors (Lipinski definition) is 1. The summed E-state index contributed by atoms with van der Waals surface area (Å²) in [5.41, 5.74) is 3.03. The normalized spacial score (nSPS) is 17.0. The van der Waals surface area contributed by atoms with Crippen molar-refractivity contribution in [3.63, 3.8) is 0 Å². The molecule has 26 heavy (non-hydrogen) atoms. The third kappa shape index (κ3) is 4.07. The second kappa shape index (κ2) is 7.92. The third-order valence-corrected chi connectivity index (χ3v) is 4.98. The summed E-state index contributed by atoms with van der Waals surface area (Å²) in [6, 6.07) is 15.3. The Bertz CT molecular complexity index is 802. The van der Waals surface area contributed by atoms with Crippen LogP contribution < -0.4 is 10.2 Å². The van der Waals surface area contributed by atoms with E-state index < -0.39 is 0 Å². The number of halogens is 1. The average Bonchev–Trinajstić information content (AvgIpc) is 3.02. The number of carbonyl (C=O) groups excluding carboxylic acids is 2. The number of anilines is 1. The summed E-state index contributed by atoms with van der Waals surface area (Å²) in [5.74, 6) is -0.0885. The van der Waals surface area contributed by atoms with Crippen LogP contribution in [-0.4, -0.2) is 18.4 Å². The van der Waals surface area contributed by atoms with Crippen molar-refractivity contribution in [1.82, 2.24) is 5.32 Å². The van der Waals surface area contributed by atoms with E-state index in [4.69, 9.17) is 11.6 Å². The summed E-state index contributed by atoms with van der Waals surface area (Å²) in [4.78, 5) is 26.8. The first kappa shape index (κ1) is 18.5. The van der Waals surface area contributed by atoms with Gasteiger partial charge in [0.1, 0.15) is 0 Å². The Balaban J connectivity index is 1.66. The molecular weight excluding hydrogens is 348 g/mol. The summed E-state index contributed by atoms with van der Waals surface area (Å²) >= 11 is 5.87. The number of hydrogen-bond acceptors (Lipinski definition) is 2. The Morgan fingerprint density at radius 2 is 1.88 bits per heavy atom. The van der Waals surface area contributed by atoms with Gasteiger partial charge in [-0.3, -0.25) is 9.59 Å². The van der Waals surface area contributed by atoms with Crippen molar-refractivity contribution in [3.05, 3.63) is 64.7 Å². The minimum Gasteiger partial charge on any atom is -0.352 e. The molecule has 1 fully saturated rings. The van der Waals surface area contributed by atoms with Crippen LogP contribution in [0, 0.1) is 5.92 Å². The lowest BCUT2D eigenvalue weighted by molar-refractivity contribution is -0.126. The zero-order valence-corrected chi connectivity index (χ0v) is 15.8. The van der Waals surface area contributed by atoms with Gasteiger partial charge >= 0.3 is 0 Å². The van der Waals surface area contributed by atoms with E-state index in [0.717, 1.165) is 16.8 Å². The van der Waals surface area contributed by atoms with E-state index in [1.165, 1.54) is 0 Å². The van der Waals surface area contributed by atoms with Crippen LogP contribution in [0.5, 0.6) is 0 Å². The molecule has 2 aromatic rings. The maximum absolute atomic E-state index is 12.5. The van der Waals surface area contributed by atoms with E-state index in [-0.39, 0.29) is 24.2 Å². The Kier molecular flexibility index (Phi) is 5.62. The average molecular weight is 371 g/mol. The lowest BCUT2D eigenvalue weighted by Gasteiger charge is -2.22. The van der Waals surface area contributed by atoms with Crippen LogP contribution in [0.3, 0.4) is 0 Å². The van der Waals surface area contributed by atoms with Gasteiger partial charge in [0.2, 0.25) is 11.8 Å². The van der Waals surface area contributed by atoms with Gasteiger partial charge in [0.25, 0.3) is 0 Å². The van der Waals surface area contributed by atoms with Crippen LogP contribution in [0.4, 0.5) is 5.69 Å². The largest absolute Gasteiger partial charge is 0.352 e. The molecule has 0 bridgehead atoms. The van der Waals surface area contributed by atoms with Gasteiger partial charge < -0.3 is 10.2 Å². The first-order valence-electron chi connectivity index (χ1n) is 8.87. The highest BCUT2D eigenvalue weighted by Crippen LogP contribution is 2.32. The predicted octanol–water partition coefficient (Wildman–Crippen LogP) is 4.13. The number of rotatable bonds is 5. The Morgan fingerprint density at radius 3 is 2.58 bits per heavy atom. The molecular formula is C21H23ClN2O2. The molecule has 0 aromatic heterocycles. The lowest BCUT2D eigenvalue weighted by Crippen LogP contribution is -2.32. The number of benzene rings is 2. The maximum Gasteiger partial charge on any atom is 0.227 e. The first-order valence-corrected chi connectivity index (χ1v) is 9.25. The molecule has 0 aliphatic carbocycles. The second-order valence-electron chi connectivity index (χ2n) is 6.96. The molecule has 1 heterocycles. The molecule has 0 radical (unpaired) electrons.